The third-order valence-corrected chi connectivity index (χ3v) is 3.36. The number of benzene rings is 1. The largest absolute Gasteiger partial charge is 0.293 e. The van der Waals surface area contributed by atoms with E-state index in [2.05, 4.69) is 16.0 Å². The Balaban J connectivity index is 2.16. The molecule has 21 heavy (non-hydrogen) atoms. The van der Waals surface area contributed by atoms with Crippen LogP contribution < -0.4 is 0 Å². The van der Waals surface area contributed by atoms with E-state index in [4.69, 9.17) is 5.26 Å². The van der Waals surface area contributed by atoms with E-state index < -0.39 is 0 Å². The number of halogens is 1. The molecule has 0 saturated heterocycles. The summed E-state index contributed by atoms with van der Waals surface area (Å²) in [4.78, 5) is 6.62. The van der Waals surface area contributed by atoms with Crippen molar-refractivity contribution in [1.29, 1.82) is 5.26 Å². The number of nitrogens with zero attached hydrogens (tertiary/aromatic N) is 3. The van der Waals surface area contributed by atoms with Crippen molar-refractivity contribution in [2.45, 2.75) is 26.9 Å². The Labute approximate surface area is 124 Å². The van der Waals surface area contributed by atoms with Gasteiger partial charge in [-0.2, -0.15) is 5.26 Å². The summed E-state index contributed by atoms with van der Waals surface area (Å²) in [5.41, 5.74) is 3.19. The molecule has 0 amide bonds. The molecule has 0 radical (unpaired) electrons. The van der Waals surface area contributed by atoms with Crippen molar-refractivity contribution in [2.75, 3.05) is 6.54 Å². The van der Waals surface area contributed by atoms with Crippen LogP contribution in [0.15, 0.2) is 36.4 Å². The Hall–Kier alpha value is -2.25. The predicted molar refractivity (Wildman–Crippen MR) is 79.9 cm³/mol. The standard InChI is InChI=1S/C17H18FN3/c1-3-21(12-17-6-4-5-13(2)20-17)11-15-9-16(18)8-7-14(15)10-19/h4-9H,3,11-12H2,1-2H3. The maximum atomic E-state index is 13.4. The van der Waals surface area contributed by atoms with Crippen LogP contribution in [0.3, 0.4) is 0 Å². The van der Waals surface area contributed by atoms with Crippen molar-refractivity contribution >= 4 is 0 Å². The second-order valence-corrected chi connectivity index (χ2v) is 4.99. The average Bonchev–Trinajstić information content (AvgIpc) is 2.47. The van der Waals surface area contributed by atoms with E-state index in [0.717, 1.165) is 17.9 Å². The fraction of sp³-hybridized carbons (Fsp3) is 0.294. The van der Waals surface area contributed by atoms with Gasteiger partial charge in [0.05, 0.1) is 17.3 Å². The molecule has 2 rings (SSSR count). The molecule has 108 valence electrons. The Kier molecular flexibility index (Phi) is 5.02. The monoisotopic (exact) mass is 283 g/mol. The van der Waals surface area contributed by atoms with Gasteiger partial charge in [-0.15, -0.1) is 0 Å². The van der Waals surface area contributed by atoms with Crippen LogP contribution in [-0.4, -0.2) is 16.4 Å². The zero-order valence-electron chi connectivity index (χ0n) is 12.3. The molecule has 1 heterocycles. The molecule has 0 atom stereocenters. The lowest BCUT2D eigenvalue weighted by Crippen LogP contribution is -2.23. The third-order valence-electron chi connectivity index (χ3n) is 3.36. The minimum atomic E-state index is -0.311. The zero-order chi connectivity index (χ0) is 15.2. The van der Waals surface area contributed by atoms with Crippen LogP contribution >= 0.6 is 0 Å². The Morgan fingerprint density at radius 1 is 1.24 bits per heavy atom. The number of rotatable bonds is 5. The number of aryl methyl sites for hydroxylation is 1. The number of pyridine rings is 1. The van der Waals surface area contributed by atoms with Gasteiger partial charge in [0.15, 0.2) is 0 Å². The highest BCUT2D eigenvalue weighted by Crippen LogP contribution is 2.15. The van der Waals surface area contributed by atoms with Crippen molar-refractivity contribution in [3.05, 3.63) is 64.7 Å². The van der Waals surface area contributed by atoms with Crippen LogP contribution in [0.25, 0.3) is 0 Å². The van der Waals surface area contributed by atoms with Gasteiger partial charge < -0.3 is 0 Å². The number of aromatic nitrogens is 1. The Morgan fingerprint density at radius 2 is 2.05 bits per heavy atom. The SMILES string of the molecule is CCN(Cc1cccc(C)n1)Cc1cc(F)ccc1C#N. The number of nitriles is 1. The number of hydrogen-bond acceptors (Lipinski definition) is 3. The first-order valence-electron chi connectivity index (χ1n) is 6.95. The lowest BCUT2D eigenvalue weighted by molar-refractivity contribution is 0.267. The van der Waals surface area contributed by atoms with Gasteiger partial charge in [-0.05, 0) is 49.4 Å². The van der Waals surface area contributed by atoms with Gasteiger partial charge in [0, 0.05) is 18.8 Å². The molecule has 0 fully saturated rings. The van der Waals surface area contributed by atoms with Crippen LogP contribution in [-0.2, 0) is 13.1 Å². The fourth-order valence-corrected chi connectivity index (χ4v) is 2.24. The van der Waals surface area contributed by atoms with Crippen molar-refractivity contribution in [1.82, 2.24) is 9.88 Å². The molecule has 3 nitrogen and oxygen atoms in total. The van der Waals surface area contributed by atoms with Crippen LogP contribution in [0.4, 0.5) is 4.39 Å². The highest BCUT2D eigenvalue weighted by molar-refractivity contribution is 5.37. The Bertz CT molecular complexity index is 661. The van der Waals surface area contributed by atoms with Crippen LogP contribution in [0.5, 0.6) is 0 Å². The molecule has 0 aliphatic heterocycles. The molecule has 0 unspecified atom stereocenters. The van der Waals surface area contributed by atoms with Gasteiger partial charge in [-0.25, -0.2) is 4.39 Å². The molecule has 0 saturated carbocycles. The Morgan fingerprint density at radius 3 is 2.71 bits per heavy atom. The van der Waals surface area contributed by atoms with Crippen molar-refractivity contribution < 1.29 is 4.39 Å². The third kappa shape index (κ3) is 4.11. The summed E-state index contributed by atoms with van der Waals surface area (Å²) in [7, 11) is 0. The van der Waals surface area contributed by atoms with E-state index in [1.807, 2.05) is 32.0 Å². The zero-order valence-corrected chi connectivity index (χ0v) is 12.3. The van der Waals surface area contributed by atoms with E-state index in [9.17, 15) is 4.39 Å². The number of hydrogen-bond donors (Lipinski definition) is 0. The first-order valence-corrected chi connectivity index (χ1v) is 6.95. The van der Waals surface area contributed by atoms with Crippen LogP contribution in [0.2, 0.25) is 0 Å². The van der Waals surface area contributed by atoms with Gasteiger partial charge in [-0.3, -0.25) is 9.88 Å². The summed E-state index contributed by atoms with van der Waals surface area (Å²) in [5.74, 6) is -0.311. The molecule has 1 aromatic heterocycles. The van der Waals surface area contributed by atoms with Gasteiger partial charge in [0.1, 0.15) is 5.82 Å². The van der Waals surface area contributed by atoms with Crippen molar-refractivity contribution in [2.24, 2.45) is 0 Å². The van der Waals surface area contributed by atoms with E-state index in [0.29, 0.717) is 24.2 Å². The summed E-state index contributed by atoms with van der Waals surface area (Å²) >= 11 is 0. The smallest absolute Gasteiger partial charge is 0.123 e. The summed E-state index contributed by atoms with van der Waals surface area (Å²) in [6.45, 7) is 6.02. The molecule has 0 aliphatic carbocycles. The predicted octanol–water partition coefficient (Wildman–Crippen LogP) is 3.42. The first-order chi connectivity index (χ1) is 10.1. The molecular formula is C17H18FN3. The van der Waals surface area contributed by atoms with E-state index in [1.165, 1.54) is 18.2 Å². The summed E-state index contributed by atoms with van der Waals surface area (Å²) in [6.07, 6.45) is 0. The van der Waals surface area contributed by atoms with E-state index in [-0.39, 0.29) is 5.82 Å². The fourth-order valence-electron chi connectivity index (χ4n) is 2.24. The lowest BCUT2D eigenvalue weighted by atomic mass is 10.1. The maximum Gasteiger partial charge on any atom is 0.123 e. The van der Waals surface area contributed by atoms with Gasteiger partial charge in [-0.1, -0.05) is 13.0 Å². The first kappa shape index (κ1) is 15.1. The average molecular weight is 283 g/mol. The highest BCUT2D eigenvalue weighted by Gasteiger charge is 2.10. The molecule has 2 aromatic rings. The van der Waals surface area contributed by atoms with Crippen molar-refractivity contribution in [3.63, 3.8) is 0 Å². The van der Waals surface area contributed by atoms with Gasteiger partial charge in [0.2, 0.25) is 0 Å². The summed E-state index contributed by atoms with van der Waals surface area (Å²) in [6, 6.07) is 12.3. The molecule has 0 spiro atoms. The second kappa shape index (κ2) is 6.96. The van der Waals surface area contributed by atoms with Gasteiger partial charge >= 0.3 is 0 Å². The molecule has 1 aromatic carbocycles. The lowest BCUT2D eigenvalue weighted by Gasteiger charge is -2.20. The second-order valence-electron chi connectivity index (χ2n) is 4.99. The topological polar surface area (TPSA) is 39.9 Å². The normalized spacial score (nSPS) is 10.6. The summed E-state index contributed by atoms with van der Waals surface area (Å²) < 4.78 is 13.4. The molecule has 0 N–H and O–H groups in total. The van der Waals surface area contributed by atoms with Crippen LogP contribution in [0.1, 0.15) is 29.4 Å². The minimum absolute atomic E-state index is 0.311. The molecule has 0 bridgehead atoms. The van der Waals surface area contributed by atoms with Crippen LogP contribution in [0, 0.1) is 24.1 Å². The molecule has 0 aliphatic rings. The van der Waals surface area contributed by atoms with Gasteiger partial charge in [0.25, 0.3) is 0 Å². The van der Waals surface area contributed by atoms with Crippen molar-refractivity contribution in [3.8, 4) is 6.07 Å². The maximum absolute atomic E-state index is 13.4. The molecule has 4 heteroatoms. The molecular weight excluding hydrogens is 265 g/mol. The highest BCUT2D eigenvalue weighted by atomic mass is 19.1. The minimum Gasteiger partial charge on any atom is -0.293 e. The van der Waals surface area contributed by atoms with E-state index in [1.54, 1.807) is 0 Å². The quantitative estimate of drug-likeness (QED) is 0.844. The van der Waals surface area contributed by atoms with E-state index >= 15 is 0 Å². The summed E-state index contributed by atoms with van der Waals surface area (Å²) in [5, 5.41) is 9.12.